The Balaban J connectivity index is 2.02. The number of amides is 1. The van der Waals surface area contributed by atoms with E-state index in [9.17, 15) is 9.18 Å². The molecule has 1 heterocycles. The number of benzene rings is 2. The molecular weight excluding hydrogens is 397 g/mol. The summed E-state index contributed by atoms with van der Waals surface area (Å²) in [5, 5.41) is 6.73. The van der Waals surface area contributed by atoms with E-state index in [2.05, 4.69) is 20.6 Å². The van der Waals surface area contributed by atoms with E-state index >= 15 is 0 Å². The van der Waals surface area contributed by atoms with Gasteiger partial charge >= 0.3 is 0 Å². The van der Waals surface area contributed by atoms with Crippen LogP contribution in [0.4, 0.5) is 15.9 Å². The SMILES string of the molecule is COc1cc2ncnc(Nc3cccc(Cl)c3F)c2cc1CNC(C)(C)C(N)=O. The number of methoxy groups -OCH3 is 1. The van der Waals surface area contributed by atoms with Crippen molar-refractivity contribution in [3.8, 4) is 5.75 Å². The van der Waals surface area contributed by atoms with Gasteiger partial charge in [-0.3, -0.25) is 10.1 Å². The minimum Gasteiger partial charge on any atom is -0.496 e. The molecule has 4 N–H and O–H groups in total. The Labute approximate surface area is 172 Å². The maximum absolute atomic E-state index is 14.3. The van der Waals surface area contributed by atoms with E-state index in [4.69, 9.17) is 22.1 Å². The highest BCUT2D eigenvalue weighted by atomic mass is 35.5. The van der Waals surface area contributed by atoms with Crippen LogP contribution in [-0.4, -0.2) is 28.5 Å². The summed E-state index contributed by atoms with van der Waals surface area (Å²) in [5.74, 6) is -0.0444. The third-order valence-electron chi connectivity index (χ3n) is 4.58. The molecule has 0 unspecified atom stereocenters. The molecule has 9 heteroatoms. The van der Waals surface area contributed by atoms with Gasteiger partial charge in [-0.05, 0) is 32.0 Å². The number of hydrogen-bond acceptors (Lipinski definition) is 6. The number of primary amides is 1. The maximum atomic E-state index is 14.3. The second-order valence-corrected chi connectivity index (χ2v) is 7.38. The van der Waals surface area contributed by atoms with E-state index in [0.29, 0.717) is 29.0 Å². The first-order chi connectivity index (χ1) is 13.7. The third-order valence-corrected chi connectivity index (χ3v) is 4.87. The zero-order chi connectivity index (χ0) is 21.2. The number of nitrogens with zero attached hydrogens (tertiary/aromatic N) is 2. The van der Waals surface area contributed by atoms with Crippen LogP contribution in [0, 0.1) is 5.82 Å². The highest BCUT2D eigenvalue weighted by molar-refractivity contribution is 6.31. The van der Waals surface area contributed by atoms with Gasteiger partial charge in [0, 0.05) is 23.6 Å². The molecule has 0 aliphatic heterocycles. The number of nitrogens with one attached hydrogen (secondary N) is 2. The van der Waals surface area contributed by atoms with Crippen molar-refractivity contribution in [1.29, 1.82) is 0 Å². The van der Waals surface area contributed by atoms with Crippen LogP contribution in [-0.2, 0) is 11.3 Å². The van der Waals surface area contributed by atoms with Crippen LogP contribution in [0.25, 0.3) is 10.9 Å². The fourth-order valence-electron chi connectivity index (χ4n) is 2.69. The lowest BCUT2D eigenvalue weighted by Crippen LogP contribution is -2.50. The lowest BCUT2D eigenvalue weighted by molar-refractivity contribution is -0.123. The summed E-state index contributed by atoms with van der Waals surface area (Å²) in [4.78, 5) is 20.1. The topological polar surface area (TPSA) is 102 Å². The molecular formula is C20H21ClFN5O2. The summed E-state index contributed by atoms with van der Waals surface area (Å²) in [6.07, 6.45) is 1.38. The van der Waals surface area contributed by atoms with Crippen molar-refractivity contribution in [2.75, 3.05) is 12.4 Å². The van der Waals surface area contributed by atoms with Gasteiger partial charge in [0.2, 0.25) is 5.91 Å². The van der Waals surface area contributed by atoms with Crippen molar-refractivity contribution in [2.45, 2.75) is 25.9 Å². The summed E-state index contributed by atoms with van der Waals surface area (Å²) in [6, 6.07) is 8.25. The molecule has 0 bridgehead atoms. The van der Waals surface area contributed by atoms with E-state index in [1.807, 2.05) is 6.07 Å². The van der Waals surface area contributed by atoms with Gasteiger partial charge in [-0.1, -0.05) is 17.7 Å². The molecule has 0 fully saturated rings. The van der Waals surface area contributed by atoms with Crippen molar-refractivity contribution in [3.05, 3.63) is 53.1 Å². The van der Waals surface area contributed by atoms with Crippen LogP contribution in [0.15, 0.2) is 36.7 Å². The van der Waals surface area contributed by atoms with Crippen molar-refractivity contribution < 1.29 is 13.9 Å². The summed E-state index contributed by atoms with van der Waals surface area (Å²) in [7, 11) is 1.55. The quantitative estimate of drug-likeness (QED) is 0.543. The third kappa shape index (κ3) is 4.38. The molecule has 29 heavy (non-hydrogen) atoms. The average Bonchev–Trinajstić information content (AvgIpc) is 2.69. The Morgan fingerprint density at radius 1 is 1.31 bits per heavy atom. The lowest BCUT2D eigenvalue weighted by atomic mass is 10.0. The minimum atomic E-state index is -0.905. The van der Waals surface area contributed by atoms with Crippen LogP contribution in [0.1, 0.15) is 19.4 Å². The van der Waals surface area contributed by atoms with Crippen molar-refractivity contribution in [3.63, 3.8) is 0 Å². The standard InChI is InChI=1S/C20H21ClFN5O2/c1-20(2,19(23)28)26-9-11-7-12-15(8-16(11)29-3)24-10-25-18(12)27-14-6-4-5-13(21)17(14)22/h4-8,10,26H,9H2,1-3H3,(H2,23,28)(H,24,25,27). The van der Waals surface area contributed by atoms with Gasteiger partial charge in [-0.2, -0.15) is 0 Å². The smallest absolute Gasteiger partial charge is 0.237 e. The van der Waals surface area contributed by atoms with Gasteiger partial charge in [0.1, 0.15) is 17.9 Å². The second-order valence-electron chi connectivity index (χ2n) is 6.97. The van der Waals surface area contributed by atoms with Crippen LogP contribution >= 0.6 is 11.6 Å². The van der Waals surface area contributed by atoms with E-state index in [1.54, 1.807) is 39.2 Å². The zero-order valence-electron chi connectivity index (χ0n) is 16.2. The average molecular weight is 418 g/mol. The summed E-state index contributed by atoms with van der Waals surface area (Å²) >= 11 is 5.86. The minimum absolute atomic E-state index is 0.00797. The van der Waals surface area contributed by atoms with E-state index in [1.165, 1.54) is 12.4 Å². The summed E-state index contributed by atoms with van der Waals surface area (Å²) in [5.41, 5.74) is 6.09. The molecule has 0 saturated carbocycles. The maximum Gasteiger partial charge on any atom is 0.237 e. The Morgan fingerprint density at radius 3 is 2.76 bits per heavy atom. The van der Waals surface area contributed by atoms with E-state index in [-0.39, 0.29) is 10.7 Å². The molecule has 1 amide bonds. The Morgan fingerprint density at radius 2 is 2.07 bits per heavy atom. The van der Waals surface area contributed by atoms with Crippen LogP contribution in [0.3, 0.4) is 0 Å². The first-order valence-electron chi connectivity index (χ1n) is 8.80. The molecule has 2 aromatic carbocycles. The predicted octanol–water partition coefficient (Wildman–Crippen LogP) is 3.53. The first kappa shape index (κ1) is 20.8. The van der Waals surface area contributed by atoms with Crippen molar-refractivity contribution in [1.82, 2.24) is 15.3 Å². The summed E-state index contributed by atoms with van der Waals surface area (Å²) in [6.45, 7) is 3.71. The van der Waals surface area contributed by atoms with Crippen LogP contribution in [0.5, 0.6) is 5.75 Å². The zero-order valence-corrected chi connectivity index (χ0v) is 17.0. The summed E-state index contributed by atoms with van der Waals surface area (Å²) < 4.78 is 19.8. The number of halogens is 2. The molecule has 1 aromatic heterocycles. The molecule has 0 aliphatic rings. The number of carbonyl (C=O) groups excluding carboxylic acids is 1. The predicted molar refractivity (Wildman–Crippen MR) is 111 cm³/mol. The molecule has 3 aromatic rings. The van der Waals surface area contributed by atoms with E-state index in [0.717, 1.165) is 5.56 Å². The number of aromatic nitrogens is 2. The molecule has 7 nitrogen and oxygen atoms in total. The van der Waals surface area contributed by atoms with Crippen LogP contribution < -0.4 is 21.1 Å². The second kappa shape index (κ2) is 8.18. The fraction of sp³-hybridized carbons (Fsp3) is 0.250. The molecule has 0 saturated heterocycles. The monoisotopic (exact) mass is 417 g/mol. The molecule has 152 valence electrons. The highest BCUT2D eigenvalue weighted by Crippen LogP contribution is 2.31. The number of anilines is 2. The largest absolute Gasteiger partial charge is 0.496 e. The highest BCUT2D eigenvalue weighted by Gasteiger charge is 2.24. The Bertz CT molecular complexity index is 1070. The molecule has 0 atom stereocenters. The van der Waals surface area contributed by atoms with Gasteiger partial charge in [0.25, 0.3) is 0 Å². The number of ether oxygens (including phenoxy) is 1. The van der Waals surface area contributed by atoms with Crippen molar-refractivity contribution in [2.24, 2.45) is 5.73 Å². The Hall–Kier alpha value is -2.97. The van der Waals surface area contributed by atoms with Crippen molar-refractivity contribution >= 4 is 39.9 Å². The van der Waals surface area contributed by atoms with E-state index < -0.39 is 17.3 Å². The van der Waals surface area contributed by atoms with Gasteiger partial charge < -0.3 is 15.8 Å². The van der Waals surface area contributed by atoms with Gasteiger partial charge in [0.15, 0.2) is 5.82 Å². The van der Waals surface area contributed by atoms with Gasteiger partial charge in [-0.15, -0.1) is 0 Å². The first-order valence-corrected chi connectivity index (χ1v) is 9.18. The fourth-order valence-corrected chi connectivity index (χ4v) is 2.86. The Kier molecular flexibility index (Phi) is 5.86. The normalized spacial score (nSPS) is 11.5. The number of fused-ring (bicyclic) bond motifs is 1. The number of hydrogen-bond donors (Lipinski definition) is 3. The van der Waals surface area contributed by atoms with Gasteiger partial charge in [-0.25, -0.2) is 14.4 Å². The number of nitrogens with two attached hydrogens (primary N) is 1. The molecule has 0 radical (unpaired) electrons. The van der Waals surface area contributed by atoms with Gasteiger partial charge in [0.05, 0.1) is 28.9 Å². The number of rotatable bonds is 7. The van der Waals surface area contributed by atoms with Crippen LogP contribution in [0.2, 0.25) is 5.02 Å². The molecule has 0 aliphatic carbocycles. The number of carbonyl (C=O) groups is 1. The lowest BCUT2D eigenvalue weighted by Gasteiger charge is -2.23. The molecule has 0 spiro atoms. The molecule has 3 rings (SSSR count).